The molecule has 5 nitrogen and oxygen atoms in total. The predicted octanol–water partition coefficient (Wildman–Crippen LogP) is 0.143. The molecule has 0 aromatic carbocycles. The second kappa shape index (κ2) is 8.46. The van der Waals surface area contributed by atoms with Crippen molar-refractivity contribution in [2.75, 3.05) is 12.8 Å². The van der Waals surface area contributed by atoms with E-state index >= 15 is 0 Å². The topological polar surface area (TPSA) is 104 Å². The summed E-state index contributed by atoms with van der Waals surface area (Å²) in [4.78, 5) is 0. The van der Waals surface area contributed by atoms with Crippen molar-refractivity contribution in [1.29, 1.82) is 5.26 Å². The first-order valence-corrected chi connectivity index (χ1v) is 5.26. The van der Waals surface area contributed by atoms with E-state index in [4.69, 9.17) is 15.5 Å². The molecular weight excluding hydrogens is 180 g/mol. The van der Waals surface area contributed by atoms with E-state index in [2.05, 4.69) is 0 Å². The van der Waals surface area contributed by atoms with E-state index in [0.29, 0.717) is 19.2 Å². The Kier molecular flexibility index (Phi) is 9.81. The molecule has 0 heterocycles. The van der Waals surface area contributed by atoms with Gasteiger partial charge in [0, 0.05) is 6.42 Å². The Morgan fingerprint density at radius 2 is 1.92 bits per heavy atom. The van der Waals surface area contributed by atoms with Crippen molar-refractivity contribution >= 4 is 10.1 Å². The van der Waals surface area contributed by atoms with Gasteiger partial charge in [-0.05, 0) is 19.4 Å². The van der Waals surface area contributed by atoms with Crippen LogP contribution in [-0.4, -0.2) is 25.8 Å². The Hall–Kier alpha value is -0.640. The second-order valence-electron chi connectivity index (χ2n) is 2.14. The predicted molar refractivity (Wildman–Crippen MR) is 46.0 cm³/mol. The van der Waals surface area contributed by atoms with Gasteiger partial charge in [-0.1, -0.05) is 0 Å². The van der Waals surface area contributed by atoms with Crippen LogP contribution in [0.25, 0.3) is 0 Å². The number of hydrogen-bond donors (Lipinski definition) is 2. The SMILES string of the molecule is CS(=O)(=O)O.N#CCCCCN. The Morgan fingerprint density at radius 1 is 1.50 bits per heavy atom. The number of rotatable bonds is 3. The molecule has 0 aromatic heterocycles. The van der Waals surface area contributed by atoms with Gasteiger partial charge in [0.05, 0.1) is 12.3 Å². The fraction of sp³-hybridized carbons (Fsp3) is 0.833. The summed E-state index contributed by atoms with van der Waals surface area (Å²) < 4.78 is 25.9. The molecule has 0 spiro atoms. The zero-order chi connectivity index (χ0) is 10.0. The number of nitrogens with two attached hydrogens (primary N) is 1. The zero-order valence-corrected chi connectivity index (χ0v) is 7.84. The molecule has 12 heavy (non-hydrogen) atoms. The van der Waals surface area contributed by atoms with Crippen molar-refractivity contribution in [3.8, 4) is 6.07 Å². The monoisotopic (exact) mass is 194 g/mol. The highest BCUT2D eigenvalue weighted by molar-refractivity contribution is 7.85. The molecule has 0 amide bonds. The van der Waals surface area contributed by atoms with Crippen molar-refractivity contribution in [3.05, 3.63) is 0 Å². The van der Waals surface area contributed by atoms with E-state index in [-0.39, 0.29) is 0 Å². The van der Waals surface area contributed by atoms with Crippen molar-refractivity contribution in [2.45, 2.75) is 19.3 Å². The van der Waals surface area contributed by atoms with E-state index in [9.17, 15) is 8.42 Å². The molecule has 0 radical (unpaired) electrons. The van der Waals surface area contributed by atoms with Crippen LogP contribution in [0.3, 0.4) is 0 Å². The van der Waals surface area contributed by atoms with Crippen LogP contribution in [0.1, 0.15) is 19.3 Å². The van der Waals surface area contributed by atoms with E-state index < -0.39 is 10.1 Å². The van der Waals surface area contributed by atoms with Crippen molar-refractivity contribution in [1.82, 2.24) is 0 Å². The Bertz CT molecular complexity index is 209. The van der Waals surface area contributed by atoms with Crippen LogP contribution in [0.4, 0.5) is 0 Å². The van der Waals surface area contributed by atoms with E-state index in [1.807, 2.05) is 6.07 Å². The zero-order valence-electron chi connectivity index (χ0n) is 7.02. The second-order valence-corrected chi connectivity index (χ2v) is 3.60. The van der Waals surface area contributed by atoms with Crippen LogP contribution in [0.5, 0.6) is 0 Å². The summed E-state index contributed by atoms with van der Waals surface area (Å²) in [6.07, 6.45) is 3.30. The van der Waals surface area contributed by atoms with E-state index in [1.165, 1.54) is 0 Å². The first-order valence-electron chi connectivity index (χ1n) is 3.41. The molecule has 3 N–H and O–H groups in total. The van der Waals surface area contributed by atoms with Crippen molar-refractivity contribution in [2.24, 2.45) is 5.73 Å². The molecule has 0 aliphatic carbocycles. The molecule has 0 aromatic rings. The summed E-state index contributed by atoms with van der Waals surface area (Å²) in [5.41, 5.74) is 5.16. The number of nitrogens with zero attached hydrogens (tertiary/aromatic N) is 1. The number of unbranched alkanes of at least 4 members (excludes halogenated alkanes) is 2. The third kappa shape index (κ3) is 57.9. The molecule has 0 unspecified atom stereocenters. The van der Waals surface area contributed by atoms with Gasteiger partial charge in [0.2, 0.25) is 0 Å². The maximum atomic E-state index is 9.19. The first-order chi connectivity index (χ1) is 5.41. The number of hydrogen-bond acceptors (Lipinski definition) is 4. The Morgan fingerprint density at radius 3 is 2.17 bits per heavy atom. The largest absolute Gasteiger partial charge is 0.330 e. The summed E-state index contributed by atoms with van der Waals surface area (Å²) in [7, 11) is -3.67. The smallest absolute Gasteiger partial charge is 0.261 e. The minimum Gasteiger partial charge on any atom is -0.330 e. The molecular formula is C6H14N2O3S. The molecule has 0 fully saturated rings. The Balaban J connectivity index is 0. The van der Waals surface area contributed by atoms with Crippen LogP contribution < -0.4 is 5.73 Å². The lowest BCUT2D eigenvalue weighted by molar-refractivity contribution is 0.490. The van der Waals surface area contributed by atoms with Crippen LogP contribution in [0.15, 0.2) is 0 Å². The lowest BCUT2D eigenvalue weighted by atomic mass is 10.2. The third-order valence-electron chi connectivity index (χ3n) is 0.743. The lowest BCUT2D eigenvalue weighted by Gasteiger charge is -1.85. The van der Waals surface area contributed by atoms with Gasteiger partial charge in [0.1, 0.15) is 0 Å². The maximum absolute atomic E-state index is 9.19. The van der Waals surface area contributed by atoms with Gasteiger partial charge >= 0.3 is 0 Å². The molecule has 0 aliphatic heterocycles. The van der Waals surface area contributed by atoms with Gasteiger partial charge in [-0.25, -0.2) is 0 Å². The summed E-state index contributed by atoms with van der Waals surface area (Å²) >= 11 is 0. The highest BCUT2D eigenvalue weighted by Gasteiger charge is 1.81. The van der Waals surface area contributed by atoms with E-state index in [0.717, 1.165) is 12.8 Å². The highest BCUT2D eigenvalue weighted by atomic mass is 32.2. The highest BCUT2D eigenvalue weighted by Crippen LogP contribution is 1.88. The fourth-order valence-electron chi connectivity index (χ4n) is 0.348. The van der Waals surface area contributed by atoms with Crippen LogP contribution >= 0.6 is 0 Å². The van der Waals surface area contributed by atoms with Crippen LogP contribution in [0.2, 0.25) is 0 Å². The minimum atomic E-state index is -3.67. The Labute approximate surface area is 72.9 Å². The van der Waals surface area contributed by atoms with Gasteiger partial charge < -0.3 is 5.73 Å². The van der Waals surface area contributed by atoms with Gasteiger partial charge in [-0.3, -0.25) is 4.55 Å². The first kappa shape index (κ1) is 13.9. The lowest BCUT2D eigenvalue weighted by Crippen LogP contribution is -1.96. The molecule has 0 rings (SSSR count). The molecule has 6 heteroatoms. The van der Waals surface area contributed by atoms with Gasteiger partial charge in [-0.15, -0.1) is 0 Å². The molecule has 0 saturated carbocycles. The van der Waals surface area contributed by atoms with Gasteiger partial charge in [-0.2, -0.15) is 13.7 Å². The molecule has 0 bridgehead atoms. The third-order valence-corrected chi connectivity index (χ3v) is 0.743. The standard InChI is InChI=1S/C5H10N2.CH4O3S/c6-4-2-1-3-5-7;1-5(2,3)4/h1-4,6H2;1H3,(H,2,3,4). The summed E-state index contributed by atoms with van der Waals surface area (Å²) in [6.45, 7) is 0.710. The molecule has 0 atom stereocenters. The normalized spacial score (nSPS) is 9.50. The van der Waals surface area contributed by atoms with Crippen LogP contribution in [-0.2, 0) is 10.1 Å². The average molecular weight is 194 g/mol. The van der Waals surface area contributed by atoms with Crippen molar-refractivity contribution in [3.63, 3.8) is 0 Å². The average Bonchev–Trinajstić information content (AvgIpc) is 1.85. The van der Waals surface area contributed by atoms with Crippen LogP contribution in [0, 0.1) is 11.3 Å². The van der Waals surface area contributed by atoms with E-state index in [1.54, 1.807) is 0 Å². The molecule has 0 aliphatic rings. The molecule has 72 valence electrons. The fourth-order valence-corrected chi connectivity index (χ4v) is 0.348. The molecule has 0 saturated heterocycles. The summed E-state index contributed by atoms with van der Waals surface area (Å²) in [5, 5.41) is 8.00. The van der Waals surface area contributed by atoms with Gasteiger partial charge in [0.15, 0.2) is 0 Å². The van der Waals surface area contributed by atoms with Crippen molar-refractivity contribution < 1.29 is 13.0 Å². The van der Waals surface area contributed by atoms with Gasteiger partial charge in [0.25, 0.3) is 10.1 Å². The quantitative estimate of drug-likeness (QED) is 0.491. The number of nitriles is 1. The summed E-state index contributed by atoms with van der Waals surface area (Å²) in [5.74, 6) is 0. The minimum absolute atomic E-state index is 0.650. The maximum Gasteiger partial charge on any atom is 0.261 e. The summed E-state index contributed by atoms with van der Waals surface area (Å²) in [6, 6.07) is 2.05.